The summed E-state index contributed by atoms with van der Waals surface area (Å²) in [7, 11) is -0.827. The second-order valence-corrected chi connectivity index (χ2v) is 5.38. The molecule has 1 unspecified atom stereocenters. The second-order valence-electron chi connectivity index (χ2n) is 3.83. The first-order valence-electron chi connectivity index (χ1n) is 5.50. The van der Waals surface area contributed by atoms with E-state index in [1.54, 1.807) is 6.26 Å². The molecule has 1 atom stereocenters. The molecule has 5 heteroatoms. The lowest BCUT2D eigenvalue weighted by Crippen LogP contribution is -2.12. The number of amides is 1. The van der Waals surface area contributed by atoms with Gasteiger partial charge >= 0.3 is 0 Å². The molecule has 1 aromatic carbocycles. The molecule has 0 bridgehead atoms. The summed E-state index contributed by atoms with van der Waals surface area (Å²) < 4.78 is 10.8. The van der Waals surface area contributed by atoms with Crippen LogP contribution in [0.2, 0.25) is 0 Å². The van der Waals surface area contributed by atoms with E-state index in [-0.39, 0.29) is 5.91 Å². The normalized spacial score (nSPS) is 12.1. The van der Waals surface area contributed by atoms with Crippen LogP contribution in [0.4, 0.5) is 5.69 Å². The summed E-state index contributed by atoms with van der Waals surface area (Å²) in [5.74, 6) is 0.524. The van der Waals surface area contributed by atoms with Crippen molar-refractivity contribution in [2.75, 3.05) is 17.3 Å². The monoisotopic (exact) mass is 254 g/mol. The standard InChI is InChI=1S/C12H18N2O2S/c1-17(16)8-2-3-12(15)14-11-6-4-10(9-13)5-7-11/h4-7H,2-3,8-9,13H2,1H3,(H,14,15). The van der Waals surface area contributed by atoms with Crippen LogP contribution in [0.15, 0.2) is 24.3 Å². The Bertz CT molecular complexity index is 390. The Hall–Kier alpha value is -1.20. The van der Waals surface area contributed by atoms with Gasteiger partial charge in [0.2, 0.25) is 5.91 Å². The second kappa shape index (κ2) is 7.19. The highest BCUT2D eigenvalue weighted by molar-refractivity contribution is 7.84. The molecule has 0 spiro atoms. The van der Waals surface area contributed by atoms with E-state index >= 15 is 0 Å². The first kappa shape index (κ1) is 13.9. The Balaban J connectivity index is 2.37. The van der Waals surface area contributed by atoms with Crippen molar-refractivity contribution in [1.82, 2.24) is 0 Å². The zero-order chi connectivity index (χ0) is 12.7. The van der Waals surface area contributed by atoms with E-state index in [4.69, 9.17) is 5.73 Å². The van der Waals surface area contributed by atoms with Crippen LogP contribution >= 0.6 is 0 Å². The summed E-state index contributed by atoms with van der Waals surface area (Å²) in [4.78, 5) is 11.5. The molecule has 94 valence electrons. The average molecular weight is 254 g/mol. The van der Waals surface area contributed by atoms with Crippen LogP contribution in [0, 0.1) is 0 Å². The lowest BCUT2D eigenvalue weighted by Gasteiger charge is -2.05. The molecule has 1 rings (SSSR count). The van der Waals surface area contributed by atoms with Gasteiger partial charge in [-0.2, -0.15) is 0 Å². The number of carbonyl (C=O) groups excluding carboxylic acids is 1. The summed E-state index contributed by atoms with van der Waals surface area (Å²) in [6.45, 7) is 0.497. The van der Waals surface area contributed by atoms with Gasteiger partial charge in [-0.15, -0.1) is 0 Å². The van der Waals surface area contributed by atoms with Crippen molar-refractivity contribution in [1.29, 1.82) is 0 Å². The fourth-order valence-electron chi connectivity index (χ4n) is 1.38. The SMILES string of the molecule is CS(=O)CCCC(=O)Nc1ccc(CN)cc1. The highest BCUT2D eigenvalue weighted by Gasteiger charge is 2.02. The van der Waals surface area contributed by atoms with Gasteiger partial charge in [-0.3, -0.25) is 9.00 Å². The van der Waals surface area contributed by atoms with E-state index in [1.807, 2.05) is 24.3 Å². The fourth-order valence-corrected chi connectivity index (χ4v) is 1.93. The molecule has 0 fully saturated rings. The minimum absolute atomic E-state index is 0.0454. The highest BCUT2D eigenvalue weighted by Crippen LogP contribution is 2.09. The van der Waals surface area contributed by atoms with Crippen LogP contribution in [-0.2, 0) is 22.1 Å². The maximum Gasteiger partial charge on any atom is 0.224 e. The number of rotatable bonds is 6. The summed E-state index contributed by atoms with van der Waals surface area (Å²) >= 11 is 0. The number of hydrogen-bond donors (Lipinski definition) is 2. The van der Waals surface area contributed by atoms with Crippen molar-refractivity contribution in [2.24, 2.45) is 5.73 Å². The number of nitrogens with one attached hydrogen (secondary N) is 1. The van der Waals surface area contributed by atoms with Crippen molar-refractivity contribution in [2.45, 2.75) is 19.4 Å². The number of anilines is 1. The zero-order valence-electron chi connectivity index (χ0n) is 9.94. The first-order chi connectivity index (χ1) is 8.11. The quantitative estimate of drug-likeness (QED) is 0.802. The Labute approximate surface area is 104 Å². The molecule has 3 N–H and O–H groups in total. The molecule has 0 saturated heterocycles. The first-order valence-corrected chi connectivity index (χ1v) is 7.23. The maximum atomic E-state index is 11.5. The van der Waals surface area contributed by atoms with Crippen LogP contribution in [0.3, 0.4) is 0 Å². The van der Waals surface area contributed by atoms with Crippen LogP contribution in [-0.4, -0.2) is 22.1 Å². The Kier molecular flexibility index (Phi) is 5.86. The van der Waals surface area contributed by atoms with Gasteiger partial charge in [0.25, 0.3) is 0 Å². The predicted molar refractivity (Wildman–Crippen MR) is 71.1 cm³/mol. The van der Waals surface area contributed by atoms with Gasteiger partial charge in [0.05, 0.1) is 0 Å². The van der Waals surface area contributed by atoms with Crippen LogP contribution < -0.4 is 11.1 Å². The lowest BCUT2D eigenvalue weighted by molar-refractivity contribution is -0.116. The number of nitrogens with two attached hydrogens (primary N) is 1. The lowest BCUT2D eigenvalue weighted by atomic mass is 10.2. The van der Waals surface area contributed by atoms with Gasteiger partial charge in [-0.05, 0) is 24.1 Å². The van der Waals surface area contributed by atoms with Gasteiger partial charge in [0.1, 0.15) is 0 Å². The summed E-state index contributed by atoms with van der Waals surface area (Å²) in [6.07, 6.45) is 2.69. The molecular weight excluding hydrogens is 236 g/mol. The highest BCUT2D eigenvalue weighted by atomic mass is 32.2. The van der Waals surface area contributed by atoms with Crippen LogP contribution in [0.25, 0.3) is 0 Å². The summed E-state index contributed by atoms with van der Waals surface area (Å²) in [5.41, 5.74) is 7.28. The third-order valence-electron chi connectivity index (χ3n) is 2.31. The largest absolute Gasteiger partial charge is 0.326 e. The van der Waals surface area contributed by atoms with Gasteiger partial charge < -0.3 is 11.1 Å². The molecule has 1 amide bonds. The van der Waals surface area contributed by atoms with E-state index in [9.17, 15) is 9.00 Å². The smallest absolute Gasteiger partial charge is 0.224 e. The third-order valence-corrected chi connectivity index (χ3v) is 3.17. The Morgan fingerprint density at radius 2 is 2.00 bits per heavy atom. The average Bonchev–Trinajstić information content (AvgIpc) is 2.29. The molecule has 0 aliphatic rings. The number of benzene rings is 1. The van der Waals surface area contributed by atoms with Crippen molar-refractivity contribution in [3.63, 3.8) is 0 Å². The molecular formula is C12H18N2O2S. The fraction of sp³-hybridized carbons (Fsp3) is 0.417. The number of carbonyl (C=O) groups is 1. The molecule has 0 aliphatic heterocycles. The van der Waals surface area contributed by atoms with Crippen molar-refractivity contribution in [3.8, 4) is 0 Å². The summed E-state index contributed by atoms with van der Waals surface area (Å²) in [5, 5.41) is 2.79. The number of hydrogen-bond acceptors (Lipinski definition) is 3. The topological polar surface area (TPSA) is 72.2 Å². The van der Waals surface area contributed by atoms with Crippen molar-refractivity contribution in [3.05, 3.63) is 29.8 Å². The molecule has 17 heavy (non-hydrogen) atoms. The molecule has 4 nitrogen and oxygen atoms in total. The Morgan fingerprint density at radius 3 is 2.53 bits per heavy atom. The zero-order valence-corrected chi connectivity index (χ0v) is 10.8. The molecule has 0 aliphatic carbocycles. The molecule has 0 saturated carbocycles. The molecule has 1 aromatic rings. The Morgan fingerprint density at radius 1 is 1.35 bits per heavy atom. The van der Waals surface area contributed by atoms with E-state index < -0.39 is 10.8 Å². The van der Waals surface area contributed by atoms with Gasteiger partial charge in [0, 0.05) is 41.5 Å². The molecule has 0 radical (unpaired) electrons. The molecule has 0 aromatic heterocycles. The minimum Gasteiger partial charge on any atom is -0.326 e. The van der Waals surface area contributed by atoms with E-state index in [0.717, 1.165) is 11.3 Å². The predicted octanol–water partition coefficient (Wildman–Crippen LogP) is 1.24. The van der Waals surface area contributed by atoms with Crippen molar-refractivity contribution >= 4 is 22.4 Å². The van der Waals surface area contributed by atoms with Crippen molar-refractivity contribution < 1.29 is 9.00 Å². The van der Waals surface area contributed by atoms with E-state index in [1.165, 1.54) is 0 Å². The van der Waals surface area contributed by atoms with Crippen LogP contribution in [0.1, 0.15) is 18.4 Å². The third kappa shape index (κ3) is 5.60. The minimum atomic E-state index is -0.827. The summed E-state index contributed by atoms with van der Waals surface area (Å²) in [6, 6.07) is 7.43. The van der Waals surface area contributed by atoms with E-state index in [0.29, 0.717) is 25.1 Å². The van der Waals surface area contributed by atoms with Gasteiger partial charge in [0.15, 0.2) is 0 Å². The van der Waals surface area contributed by atoms with Crippen LogP contribution in [0.5, 0.6) is 0 Å². The van der Waals surface area contributed by atoms with E-state index in [2.05, 4.69) is 5.32 Å². The van der Waals surface area contributed by atoms with Gasteiger partial charge in [-0.25, -0.2) is 0 Å². The van der Waals surface area contributed by atoms with Gasteiger partial charge in [-0.1, -0.05) is 12.1 Å². The molecule has 0 heterocycles. The maximum absolute atomic E-state index is 11.5.